The Morgan fingerprint density at radius 2 is 1.39 bits per heavy atom. The van der Waals surface area contributed by atoms with Gasteiger partial charge in [-0.15, -0.1) is 0 Å². The van der Waals surface area contributed by atoms with Crippen molar-refractivity contribution in [1.82, 2.24) is 57.6 Å². The van der Waals surface area contributed by atoms with Crippen LogP contribution in [-0.4, -0.2) is 215 Å². The zero-order chi connectivity index (χ0) is 90.5. The first-order valence-corrected chi connectivity index (χ1v) is 40.0. The Morgan fingerprint density at radius 1 is 0.736 bits per heavy atom. The molecule has 8 heterocycles. The molecule has 9 amide bonds. The van der Waals surface area contributed by atoms with Crippen molar-refractivity contribution < 1.29 is 127 Å². The van der Waals surface area contributed by atoms with Gasteiger partial charge < -0.3 is 128 Å². The third kappa shape index (κ3) is 21.0. The zero-order valence-electron chi connectivity index (χ0n) is 67.1. The normalized spacial score (nSPS) is 26.0. The molecule has 0 saturated carbocycles. The van der Waals surface area contributed by atoms with E-state index in [0.29, 0.717) is 5.56 Å². The lowest BCUT2D eigenvalue weighted by molar-refractivity contribution is -0.334. The van der Waals surface area contributed by atoms with E-state index in [9.17, 15) is 74.3 Å². The van der Waals surface area contributed by atoms with E-state index in [0.717, 1.165) is 86.0 Å². The molecule has 39 nitrogen and oxygen atoms in total. The fourth-order valence-corrected chi connectivity index (χ4v) is 15.5. The average molecular weight is 1800 g/mol. The molecule has 0 radical (unpaired) electrons. The van der Waals surface area contributed by atoms with Gasteiger partial charge >= 0.3 is 5.69 Å². The topological polar surface area (TPSA) is 582 Å². The van der Waals surface area contributed by atoms with Gasteiger partial charge in [0, 0.05) is 54.5 Å². The minimum absolute atomic E-state index is 0.0618. The van der Waals surface area contributed by atoms with E-state index < -0.39 is 259 Å². The molecule has 7 aliphatic rings. The maximum atomic E-state index is 16.3. The first-order chi connectivity index (χ1) is 59.3. The number of anilines is 1. The van der Waals surface area contributed by atoms with Crippen LogP contribution in [0.15, 0.2) is 120 Å². The van der Waals surface area contributed by atoms with Gasteiger partial charge in [-0.3, -0.25) is 52.6 Å². The summed E-state index contributed by atoms with van der Waals surface area (Å²) in [5, 5.41) is 129. The minimum Gasteiger partial charge on any atom is -0.508 e. The van der Waals surface area contributed by atoms with Gasteiger partial charge in [0.2, 0.25) is 59.3 Å². The number of nitrogens with one attached hydrogen (secondary N) is 10. The molecule has 0 aliphatic carbocycles. The minimum atomic E-state index is -2.40. The summed E-state index contributed by atoms with van der Waals surface area (Å²) in [6.45, 7) is 5.50. The van der Waals surface area contributed by atoms with Gasteiger partial charge in [0.1, 0.15) is 107 Å². The molecular formula is C82H89Cl3FN13O26. The number of hydrogen-bond donors (Lipinski definition) is 20. The predicted octanol–water partition coefficient (Wildman–Crippen LogP) is 2.03. The van der Waals surface area contributed by atoms with Crippen LogP contribution in [0.3, 0.4) is 0 Å². The predicted molar refractivity (Wildman–Crippen MR) is 438 cm³/mol. The molecule has 18 atom stereocenters. The highest BCUT2D eigenvalue weighted by molar-refractivity contribution is 6.32. The van der Waals surface area contributed by atoms with Crippen molar-refractivity contribution in [2.45, 2.75) is 163 Å². The van der Waals surface area contributed by atoms with Crippen LogP contribution in [0.1, 0.15) is 111 Å². The number of aliphatic hydroxyl groups is 6. The van der Waals surface area contributed by atoms with Crippen molar-refractivity contribution in [3.8, 4) is 57.1 Å². The summed E-state index contributed by atoms with van der Waals surface area (Å²) < 4.78 is 54.3. The molecular weight excluding hydrogens is 1710 g/mol. The van der Waals surface area contributed by atoms with Gasteiger partial charge in [-0.2, -0.15) is 4.98 Å². The van der Waals surface area contributed by atoms with E-state index >= 15 is 24.0 Å². The number of likely N-dealkylation sites (N-methyl/N-ethyl adjacent to an activating group) is 1. The molecule has 43 heteroatoms. The van der Waals surface area contributed by atoms with Crippen LogP contribution in [0.2, 0.25) is 15.1 Å². The molecule has 11 bridgehead atoms. The third-order valence-corrected chi connectivity index (χ3v) is 22.2. The number of nitrogens with two attached hydrogens (primary N) is 1. The van der Waals surface area contributed by atoms with Crippen molar-refractivity contribution in [2.24, 2.45) is 11.7 Å². The van der Waals surface area contributed by atoms with Crippen molar-refractivity contribution in [3.63, 3.8) is 0 Å². The molecule has 2 saturated heterocycles. The average Bonchev–Trinajstić information content (AvgIpc) is 0.749. The summed E-state index contributed by atoms with van der Waals surface area (Å²) in [4.78, 5) is 154. The van der Waals surface area contributed by atoms with Crippen LogP contribution in [-0.2, 0) is 68.7 Å². The SMILES string of the molecule is CNC(CC(C)C)C(=O)NC1C(=O)NC(CC(N)=O)C(=O)NC2C(=O)NC3C(=O)NC(C(=O)NC(C(=O)NOC)c4cc(O)cc(O)c4-c4cc3ccc4O)C(O)c3ccc(c(Cl)c3)Oc3cc2cc(c3OC2OC(CO)C(O)C(O)C2OC2CC(C)(NCCn3ccc(NC(=O)C=Cc4ccc(F)c(Cl)c4)nc3=O)C(O)C(C)O2)Oc2ccc(cc2Cl)C1O. The van der Waals surface area contributed by atoms with Crippen molar-refractivity contribution in [1.29, 1.82) is 0 Å². The van der Waals surface area contributed by atoms with Gasteiger partial charge in [0.15, 0.2) is 23.9 Å². The Morgan fingerprint density at radius 3 is 2.02 bits per heavy atom. The number of aromatic hydroxyl groups is 3. The summed E-state index contributed by atoms with van der Waals surface area (Å²) >= 11 is 20.2. The van der Waals surface area contributed by atoms with Crippen LogP contribution in [0.5, 0.6) is 46.0 Å². The summed E-state index contributed by atoms with van der Waals surface area (Å²) in [7, 11) is 2.49. The number of benzene rings is 6. The van der Waals surface area contributed by atoms with Gasteiger partial charge in [-0.25, -0.2) is 14.7 Å². The number of aliphatic hydroxyl groups excluding tert-OH is 6. The van der Waals surface area contributed by atoms with Gasteiger partial charge in [0.25, 0.3) is 5.91 Å². The monoisotopic (exact) mass is 1800 g/mol. The van der Waals surface area contributed by atoms with E-state index in [1.54, 1.807) is 6.92 Å². The molecule has 6 aromatic carbocycles. The smallest absolute Gasteiger partial charge is 0.349 e. The number of amides is 9. The fraction of sp³-hybridized carbons (Fsp3) is 0.378. The van der Waals surface area contributed by atoms with Gasteiger partial charge in [-0.05, 0) is 145 Å². The molecule has 14 rings (SSSR count). The number of ether oxygens (including phenoxy) is 6. The van der Waals surface area contributed by atoms with E-state index in [-0.39, 0.29) is 65.1 Å². The van der Waals surface area contributed by atoms with Gasteiger partial charge in [0.05, 0.1) is 53.5 Å². The molecule has 7 aromatic rings. The lowest BCUT2D eigenvalue weighted by atomic mass is 9.85. The highest BCUT2D eigenvalue weighted by Crippen LogP contribution is 2.50. The second-order valence-corrected chi connectivity index (χ2v) is 31.9. The van der Waals surface area contributed by atoms with E-state index in [2.05, 4.69) is 58.3 Å². The van der Waals surface area contributed by atoms with Crippen LogP contribution in [0.4, 0.5) is 10.2 Å². The Bertz CT molecular complexity index is 5420. The van der Waals surface area contributed by atoms with Crippen LogP contribution in [0.25, 0.3) is 17.2 Å². The number of halogens is 4. The van der Waals surface area contributed by atoms with Crippen LogP contribution < -0.4 is 79.0 Å². The quantitative estimate of drug-likeness (QED) is 0.0361. The largest absolute Gasteiger partial charge is 0.508 e. The zero-order valence-corrected chi connectivity index (χ0v) is 69.4. The number of nitrogens with zero attached hydrogens (tertiary/aromatic N) is 2. The van der Waals surface area contributed by atoms with Crippen molar-refractivity contribution >= 4 is 99.9 Å². The maximum absolute atomic E-state index is 16.3. The lowest BCUT2D eigenvalue weighted by Gasteiger charge is -2.48. The number of fused-ring (bicyclic) bond motifs is 15. The number of rotatable bonds is 21. The van der Waals surface area contributed by atoms with E-state index in [1.165, 1.54) is 61.1 Å². The highest BCUT2D eigenvalue weighted by Gasteiger charge is 2.52. The lowest BCUT2D eigenvalue weighted by Crippen LogP contribution is -2.65. The number of carbonyl (C=O) groups is 9. The molecule has 21 N–H and O–H groups in total. The Kier molecular flexibility index (Phi) is 29.0. The van der Waals surface area contributed by atoms with Crippen molar-refractivity contribution in [2.75, 3.05) is 32.6 Å². The number of hydrogen-bond acceptors (Lipinski definition) is 29. The summed E-state index contributed by atoms with van der Waals surface area (Å²) in [6, 6.07) is 4.61. The van der Waals surface area contributed by atoms with E-state index in [1.807, 2.05) is 13.8 Å². The molecule has 1 aromatic heterocycles. The van der Waals surface area contributed by atoms with Crippen LogP contribution >= 0.6 is 34.8 Å². The number of hydroxylamine groups is 1. The first-order valence-electron chi connectivity index (χ1n) is 38.9. The number of primary amides is 1. The molecule has 125 heavy (non-hydrogen) atoms. The second-order valence-electron chi connectivity index (χ2n) is 30.7. The Hall–Kier alpha value is -11.7. The first kappa shape index (κ1) is 92.5. The Balaban J connectivity index is 0.992. The number of carbonyl (C=O) groups excluding carboxylic acids is 9. The molecule has 2 fully saturated rings. The van der Waals surface area contributed by atoms with E-state index in [4.69, 9.17) is 73.8 Å². The highest BCUT2D eigenvalue weighted by atomic mass is 35.5. The third-order valence-electron chi connectivity index (χ3n) is 21.3. The van der Waals surface area contributed by atoms with Crippen molar-refractivity contribution in [3.05, 3.63) is 180 Å². The van der Waals surface area contributed by atoms with Gasteiger partial charge in [-0.1, -0.05) is 72.9 Å². The molecule has 666 valence electrons. The second kappa shape index (κ2) is 39.2. The summed E-state index contributed by atoms with van der Waals surface area (Å²) in [6.07, 6.45) is -15.8. The number of phenols is 3. The van der Waals surface area contributed by atoms with Crippen LogP contribution in [0, 0.1) is 11.7 Å². The maximum Gasteiger partial charge on any atom is 0.349 e. The molecule has 18 unspecified atom stereocenters. The number of aromatic nitrogens is 2. The number of phenolic OH excluding ortho intramolecular Hbond substituents is 3. The fourth-order valence-electron chi connectivity index (χ4n) is 14.9. The summed E-state index contributed by atoms with van der Waals surface area (Å²) in [5.74, 6) is -17.0. The summed E-state index contributed by atoms with van der Waals surface area (Å²) in [5.41, 5.74) is 3.33. The Labute approximate surface area is 724 Å². The standard InChI is InChI=1S/C82H89Cl3FN13O26/c1-33(2)21-47(88-5)73(111)96-64-66(106)37-10-14-51(44(84)24-37)121-53-26-39-27-54(70(53)125-80-71(69(109)68(108)55(32-100)123-80)124-59-31-82(4,72(110)34(3)120-59)89-18-20-99-19-17-57(92-81(99)118)91-58(105)16-8-35-7-12-46(86)43(83)22-35)122-52-15-11-38(25-45(52)85)67(107)65-78(116)95-63(79(117)98-119-6)42-28-40(101)29-50(103)60(42)41-23-36(9-13-49(41)102)61(75(113)97-65)94-76(114)62(39)93-74(112)48(30-56(87)104)90-77(64)115/h7-17,19,22-29,33-34,47-48,55,59,61-69,71-72,80,88-89,100-103,106-110H,18,20-21,30-32H2,1-6H3,(H2,87,104)(H,90,115)(H,93,112)(H,94,114)(H,95,116)(H,96,111)(H,97,113)(H,98,117)(H,91,92,105,118). The molecule has 0 spiro atoms. The molecule has 7 aliphatic heterocycles.